The summed E-state index contributed by atoms with van der Waals surface area (Å²) >= 11 is 0. The second-order valence-corrected chi connectivity index (χ2v) is 4.15. The van der Waals surface area contributed by atoms with Crippen LogP contribution in [0.2, 0.25) is 0 Å². The van der Waals surface area contributed by atoms with Crippen LogP contribution in [-0.2, 0) is 6.54 Å². The van der Waals surface area contributed by atoms with Gasteiger partial charge < -0.3 is 15.6 Å². The quantitative estimate of drug-likeness (QED) is 0.632. The number of nitrogens with one attached hydrogen (secondary N) is 1. The minimum absolute atomic E-state index is 0.0222. The third kappa shape index (κ3) is 3.54. The van der Waals surface area contributed by atoms with Crippen LogP contribution in [0.3, 0.4) is 0 Å². The summed E-state index contributed by atoms with van der Waals surface area (Å²) in [4.78, 5) is 15.7. The van der Waals surface area contributed by atoms with Crippen molar-refractivity contribution in [2.24, 2.45) is 0 Å². The Morgan fingerprint density at radius 1 is 1.47 bits per heavy atom. The van der Waals surface area contributed by atoms with Gasteiger partial charge >= 0.3 is 0 Å². The summed E-state index contributed by atoms with van der Waals surface area (Å²) in [5.74, 6) is -0.769. The number of aromatic nitrogens is 2. The van der Waals surface area contributed by atoms with Gasteiger partial charge in [0.1, 0.15) is 5.82 Å². The van der Waals surface area contributed by atoms with Crippen LogP contribution < -0.4 is 11.1 Å². The second kappa shape index (κ2) is 5.99. The van der Waals surface area contributed by atoms with Crippen LogP contribution in [0.25, 0.3) is 0 Å². The highest BCUT2D eigenvalue weighted by atomic mass is 19.1. The number of carbonyl (C=O) groups is 1. The molecule has 0 fully saturated rings. The Hall–Kier alpha value is -2.37. The highest BCUT2D eigenvalue weighted by molar-refractivity contribution is 5.94. The smallest absolute Gasteiger partial charge is 0.251 e. The molecule has 0 saturated heterocycles. The van der Waals surface area contributed by atoms with Crippen LogP contribution in [0.15, 0.2) is 36.9 Å². The van der Waals surface area contributed by atoms with Gasteiger partial charge in [-0.3, -0.25) is 4.79 Å². The normalized spacial score (nSPS) is 10.4. The van der Waals surface area contributed by atoms with E-state index in [1.165, 1.54) is 18.2 Å². The lowest BCUT2D eigenvalue weighted by molar-refractivity contribution is 0.0952. The monoisotopic (exact) mass is 262 g/mol. The van der Waals surface area contributed by atoms with Crippen LogP contribution in [0.5, 0.6) is 0 Å². The Morgan fingerprint density at radius 2 is 2.32 bits per heavy atom. The summed E-state index contributed by atoms with van der Waals surface area (Å²) in [7, 11) is 0. The van der Waals surface area contributed by atoms with E-state index in [-0.39, 0.29) is 11.6 Å². The van der Waals surface area contributed by atoms with Gasteiger partial charge in [0.05, 0.1) is 12.0 Å². The molecule has 0 aliphatic heterocycles. The third-order valence-corrected chi connectivity index (χ3v) is 2.70. The molecule has 1 amide bonds. The van der Waals surface area contributed by atoms with Gasteiger partial charge in [-0.1, -0.05) is 0 Å². The zero-order valence-electron chi connectivity index (χ0n) is 10.3. The molecule has 3 N–H and O–H groups in total. The van der Waals surface area contributed by atoms with Crippen molar-refractivity contribution in [3.05, 3.63) is 48.3 Å². The molecule has 0 aliphatic rings. The highest BCUT2D eigenvalue weighted by Gasteiger charge is 2.07. The number of nitrogen functional groups attached to an aromatic ring is 1. The van der Waals surface area contributed by atoms with Gasteiger partial charge in [-0.25, -0.2) is 9.37 Å². The lowest BCUT2D eigenvalue weighted by Gasteiger charge is -2.06. The third-order valence-electron chi connectivity index (χ3n) is 2.70. The van der Waals surface area contributed by atoms with Gasteiger partial charge in [-0.15, -0.1) is 0 Å². The van der Waals surface area contributed by atoms with Gasteiger partial charge in [-0.2, -0.15) is 0 Å². The van der Waals surface area contributed by atoms with Crippen LogP contribution in [0.1, 0.15) is 16.8 Å². The molecule has 6 heteroatoms. The predicted molar refractivity (Wildman–Crippen MR) is 70.0 cm³/mol. The molecular formula is C13H15FN4O. The molecule has 19 heavy (non-hydrogen) atoms. The predicted octanol–water partition coefficient (Wildman–Crippen LogP) is 1.42. The van der Waals surface area contributed by atoms with E-state index in [4.69, 9.17) is 5.73 Å². The number of nitrogens with zero attached hydrogens (tertiary/aromatic N) is 2. The lowest BCUT2D eigenvalue weighted by Crippen LogP contribution is -2.25. The van der Waals surface area contributed by atoms with Crippen LogP contribution in [0.4, 0.5) is 10.1 Å². The topological polar surface area (TPSA) is 72.9 Å². The summed E-state index contributed by atoms with van der Waals surface area (Å²) in [6.07, 6.45) is 6.09. The van der Waals surface area contributed by atoms with E-state index >= 15 is 0 Å². The number of halogens is 1. The van der Waals surface area contributed by atoms with E-state index in [0.29, 0.717) is 12.1 Å². The van der Waals surface area contributed by atoms with E-state index in [1.54, 1.807) is 12.5 Å². The maximum absolute atomic E-state index is 13.0. The number of benzene rings is 1. The Balaban J connectivity index is 1.79. The van der Waals surface area contributed by atoms with Gasteiger partial charge in [0.2, 0.25) is 0 Å². The first kappa shape index (κ1) is 13.1. The van der Waals surface area contributed by atoms with E-state index < -0.39 is 5.82 Å². The summed E-state index contributed by atoms with van der Waals surface area (Å²) in [6.45, 7) is 1.32. The summed E-state index contributed by atoms with van der Waals surface area (Å²) in [5.41, 5.74) is 5.75. The van der Waals surface area contributed by atoms with E-state index in [0.717, 1.165) is 13.0 Å². The molecule has 2 aromatic rings. The van der Waals surface area contributed by atoms with Crippen molar-refractivity contribution in [2.75, 3.05) is 12.3 Å². The molecule has 0 saturated carbocycles. The lowest BCUT2D eigenvalue weighted by atomic mass is 10.2. The fraction of sp³-hybridized carbons (Fsp3) is 0.231. The van der Waals surface area contributed by atoms with E-state index in [2.05, 4.69) is 10.3 Å². The largest absolute Gasteiger partial charge is 0.396 e. The summed E-state index contributed by atoms with van der Waals surface area (Å²) < 4.78 is 14.9. The van der Waals surface area contributed by atoms with Crippen molar-refractivity contribution in [1.82, 2.24) is 14.9 Å². The number of nitrogens with two attached hydrogens (primary N) is 1. The van der Waals surface area contributed by atoms with E-state index in [1.807, 2.05) is 10.8 Å². The van der Waals surface area contributed by atoms with Crippen LogP contribution in [-0.4, -0.2) is 22.0 Å². The molecule has 5 nitrogen and oxygen atoms in total. The van der Waals surface area contributed by atoms with Crippen molar-refractivity contribution in [3.63, 3.8) is 0 Å². The molecule has 0 radical (unpaired) electrons. The zero-order chi connectivity index (χ0) is 13.7. The maximum Gasteiger partial charge on any atom is 0.251 e. The number of amides is 1. The van der Waals surface area contributed by atoms with Gasteiger partial charge in [0.15, 0.2) is 0 Å². The number of aryl methyl sites for hydroxylation is 1. The first-order chi connectivity index (χ1) is 9.16. The minimum atomic E-state index is -0.517. The number of rotatable bonds is 5. The zero-order valence-corrected chi connectivity index (χ0v) is 10.3. The van der Waals surface area contributed by atoms with Gasteiger partial charge in [-0.05, 0) is 24.6 Å². The van der Waals surface area contributed by atoms with Gasteiger partial charge in [0, 0.05) is 31.0 Å². The Morgan fingerprint density at radius 3 is 3.00 bits per heavy atom. The first-order valence-electron chi connectivity index (χ1n) is 5.96. The number of imidazole rings is 1. The summed E-state index contributed by atoms with van der Waals surface area (Å²) in [5, 5.41) is 2.76. The fourth-order valence-electron chi connectivity index (χ4n) is 1.67. The van der Waals surface area contributed by atoms with Crippen molar-refractivity contribution in [1.29, 1.82) is 0 Å². The Labute approximate surface area is 110 Å². The molecule has 0 spiro atoms. The highest BCUT2D eigenvalue weighted by Crippen LogP contribution is 2.11. The number of anilines is 1. The molecule has 0 unspecified atom stereocenters. The second-order valence-electron chi connectivity index (χ2n) is 4.15. The van der Waals surface area contributed by atoms with Crippen molar-refractivity contribution >= 4 is 11.6 Å². The van der Waals surface area contributed by atoms with E-state index in [9.17, 15) is 9.18 Å². The first-order valence-corrected chi connectivity index (χ1v) is 5.96. The molecule has 1 aromatic carbocycles. The van der Waals surface area contributed by atoms with Crippen molar-refractivity contribution < 1.29 is 9.18 Å². The molecule has 2 rings (SSSR count). The molecule has 1 heterocycles. The SMILES string of the molecule is Nc1cc(C(=O)NCCCn2ccnc2)ccc1F. The number of hydrogen-bond acceptors (Lipinski definition) is 3. The van der Waals surface area contributed by atoms with Gasteiger partial charge in [0.25, 0.3) is 5.91 Å². The average molecular weight is 262 g/mol. The summed E-state index contributed by atoms with van der Waals surface area (Å²) in [6, 6.07) is 3.94. The van der Waals surface area contributed by atoms with Crippen LogP contribution >= 0.6 is 0 Å². The standard InChI is InChI=1S/C13H15FN4O/c14-11-3-2-10(8-12(11)15)13(19)17-4-1-6-18-7-5-16-9-18/h2-3,5,7-9H,1,4,6,15H2,(H,17,19). The maximum atomic E-state index is 13.0. The minimum Gasteiger partial charge on any atom is -0.396 e. The average Bonchev–Trinajstić information content (AvgIpc) is 2.91. The van der Waals surface area contributed by atoms with Crippen molar-refractivity contribution in [3.8, 4) is 0 Å². The molecular weight excluding hydrogens is 247 g/mol. The number of carbonyl (C=O) groups excluding carboxylic acids is 1. The Kier molecular flexibility index (Phi) is 4.12. The molecule has 0 atom stereocenters. The van der Waals surface area contributed by atoms with Crippen LogP contribution in [0, 0.1) is 5.82 Å². The number of hydrogen-bond donors (Lipinski definition) is 2. The molecule has 1 aromatic heterocycles. The molecule has 100 valence electrons. The fourth-order valence-corrected chi connectivity index (χ4v) is 1.67. The van der Waals surface area contributed by atoms with Crippen molar-refractivity contribution in [2.45, 2.75) is 13.0 Å². The molecule has 0 aliphatic carbocycles. The Bertz CT molecular complexity index is 554. The molecule has 0 bridgehead atoms.